The topological polar surface area (TPSA) is 60.0 Å². The standard InChI is InChI=1S/C13H25N5/c1-17(2)13(8-6-4-5-7-9-13)12(14)11-10-15-16-18(11)3/h10,12H,4-9,14H2,1-3H3. The molecule has 1 heterocycles. The summed E-state index contributed by atoms with van der Waals surface area (Å²) in [7, 11) is 6.21. The molecule has 1 fully saturated rings. The number of hydrogen-bond acceptors (Lipinski definition) is 4. The van der Waals surface area contributed by atoms with Gasteiger partial charge in [-0.15, -0.1) is 5.10 Å². The largest absolute Gasteiger partial charge is 0.321 e. The smallest absolute Gasteiger partial charge is 0.0770 e. The zero-order valence-electron chi connectivity index (χ0n) is 11.8. The van der Waals surface area contributed by atoms with Gasteiger partial charge in [0, 0.05) is 12.6 Å². The second kappa shape index (κ2) is 5.36. The Hall–Kier alpha value is -0.940. The van der Waals surface area contributed by atoms with Crippen molar-refractivity contribution in [2.45, 2.75) is 50.1 Å². The van der Waals surface area contributed by atoms with Crippen LogP contribution in [-0.2, 0) is 7.05 Å². The van der Waals surface area contributed by atoms with E-state index in [0.717, 1.165) is 18.5 Å². The zero-order valence-corrected chi connectivity index (χ0v) is 11.8. The summed E-state index contributed by atoms with van der Waals surface area (Å²) in [4.78, 5) is 2.32. The van der Waals surface area contributed by atoms with Crippen molar-refractivity contribution in [3.05, 3.63) is 11.9 Å². The Morgan fingerprint density at radius 1 is 1.28 bits per heavy atom. The molecule has 0 saturated heterocycles. The first-order valence-electron chi connectivity index (χ1n) is 6.85. The van der Waals surface area contributed by atoms with E-state index < -0.39 is 0 Å². The third-order valence-electron chi connectivity index (χ3n) is 4.51. The van der Waals surface area contributed by atoms with Crippen molar-refractivity contribution in [2.75, 3.05) is 14.1 Å². The Morgan fingerprint density at radius 2 is 1.89 bits per heavy atom. The van der Waals surface area contributed by atoms with Gasteiger partial charge >= 0.3 is 0 Å². The predicted molar refractivity (Wildman–Crippen MR) is 72.1 cm³/mol. The molecule has 0 radical (unpaired) electrons. The van der Waals surface area contributed by atoms with Gasteiger partial charge in [0.2, 0.25) is 0 Å². The fraction of sp³-hybridized carbons (Fsp3) is 0.846. The minimum absolute atomic E-state index is 0.0226. The van der Waals surface area contributed by atoms with Crippen LogP contribution in [0.4, 0.5) is 0 Å². The van der Waals surface area contributed by atoms with Gasteiger partial charge in [0.05, 0.1) is 17.9 Å². The molecule has 18 heavy (non-hydrogen) atoms. The quantitative estimate of drug-likeness (QED) is 0.826. The number of likely N-dealkylation sites (N-methyl/N-ethyl adjacent to an activating group) is 1. The molecule has 0 spiro atoms. The monoisotopic (exact) mass is 251 g/mol. The first-order valence-corrected chi connectivity index (χ1v) is 6.85. The molecule has 0 amide bonds. The van der Waals surface area contributed by atoms with E-state index in [9.17, 15) is 0 Å². The fourth-order valence-corrected chi connectivity index (χ4v) is 3.23. The molecule has 0 aliphatic heterocycles. The predicted octanol–water partition coefficient (Wildman–Crippen LogP) is 1.47. The molecule has 1 atom stereocenters. The van der Waals surface area contributed by atoms with Crippen LogP contribution in [-0.4, -0.2) is 39.5 Å². The maximum absolute atomic E-state index is 6.58. The molecule has 1 aromatic rings. The summed E-state index contributed by atoms with van der Waals surface area (Å²) in [6, 6.07) is -0.0226. The van der Waals surface area contributed by atoms with Crippen molar-refractivity contribution in [3.63, 3.8) is 0 Å². The molecule has 2 rings (SSSR count). The van der Waals surface area contributed by atoms with Crippen LogP contribution in [0.15, 0.2) is 6.20 Å². The molecule has 5 heteroatoms. The van der Waals surface area contributed by atoms with Crippen molar-refractivity contribution in [1.29, 1.82) is 0 Å². The molecule has 0 aromatic carbocycles. The van der Waals surface area contributed by atoms with E-state index in [1.165, 1.54) is 25.7 Å². The summed E-state index contributed by atoms with van der Waals surface area (Å²) in [5.41, 5.74) is 7.66. The van der Waals surface area contributed by atoms with Crippen LogP contribution in [0.5, 0.6) is 0 Å². The first-order chi connectivity index (χ1) is 8.58. The SMILES string of the molecule is CN(C)C1(C(N)c2cnnn2C)CCCCCC1. The van der Waals surface area contributed by atoms with Crippen molar-refractivity contribution < 1.29 is 0 Å². The Labute approximate surface area is 109 Å². The fourth-order valence-electron chi connectivity index (χ4n) is 3.23. The minimum Gasteiger partial charge on any atom is -0.321 e. The Kier molecular flexibility index (Phi) is 4.02. The van der Waals surface area contributed by atoms with Gasteiger partial charge in [0.15, 0.2) is 0 Å². The van der Waals surface area contributed by atoms with Crippen molar-refractivity contribution >= 4 is 0 Å². The molecule has 5 nitrogen and oxygen atoms in total. The van der Waals surface area contributed by atoms with Crippen LogP contribution in [0.25, 0.3) is 0 Å². The molecular weight excluding hydrogens is 226 g/mol. The van der Waals surface area contributed by atoms with Crippen LogP contribution in [0.2, 0.25) is 0 Å². The highest BCUT2D eigenvalue weighted by molar-refractivity contribution is 5.12. The Balaban J connectivity index is 2.31. The lowest BCUT2D eigenvalue weighted by atomic mass is 9.80. The number of aryl methyl sites for hydroxylation is 1. The maximum Gasteiger partial charge on any atom is 0.0770 e. The van der Waals surface area contributed by atoms with Crippen molar-refractivity contribution in [1.82, 2.24) is 19.9 Å². The van der Waals surface area contributed by atoms with Gasteiger partial charge in [0.1, 0.15) is 0 Å². The highest BCUT2D eigenvalue weighted by Crippen LogP contribution is 2.39. The summed E-state index contributed by atoms with van der Waals surface area (Å²) < 4.78 is 1.81. The lowest BCUT2D eigenvalue weighted by molar-refractivity contribution is 0.0937. The number of rotatable bonds is 3. The number of aromatic nitrogens is 3. The highest BCUT2D eigenvalue weighted by Gasteiger charge is 2.41. The molecule has 102 valence electrons. The van der Waals surface area contributed by atoms with Gasteiger partial charge < -0.3 is 10.6 Å². The van der Waals surface area contributed by atoms with E-state index in [4.69, 9.17) is 5.73 Å². The summed E-state index contributed by atoms with van der Waals surface area (Å²) >= 11 is 0. The second-order valence-electron chi connectivity index (χ2n) is 5.67. The molecule has 1 aromatic heterocycles. The summed E-state index contributed by atoms with van der Waals surface area (Å²) in [5.74, 6) is 0. The van der Waals surface area contributed by atoms with Crippen LogP contribution in [0, 0.1) is 0 Å². The van der Waals surface area contributed by atoms with Gasteiger partial charge in [-0.2, -0.15) is 0 Å². The number of nitrogens with zero attached hydrogens (tertiary/aromatic N) is 4. The minimum atomic E-state index is -0.0226. The van der Waals surface area contributed by atoms with E-state index in [0.29, 0.717) is 0 Å². The lowest BCUT2D eigenvalue weighted by Gasteiger charge is -2.44. The van der Waals surface area contributed by atoms with Crippen LogP contribution < -0.4 is 5.73 Å². The molecule has 1 aliphatic carbocycles. The van der Waals surface area contributed by atoms with E-state index in [1.807, 2.05) is 7.05 Å². The second-order valence-corrected chi connectivity index (χ2v) is 5.67. The van der Waals surface area contributed by atoms with Crippen molar-refractivity contribution in [3.8, 4) is 0 Å². The average molecular weight is 251 g/mol. The zero-order chi connectivity index (χ0) is 13.2. The van der Waals surface area contributed by atoms with E-state index >= 15 is 0 Å². The number of hydrogen-bond donors (Lipinski definition) is 1. The molecule has 1 unspecified atom stereocenters. The molecule has 0 bridgehead atoms. The molecule has 1 aliphatic rings. The summed E-state index contributed by atoms with van der Waals surface area (Å²) in [6.45, 7) is 0. The van der Waals surface area contributed by atoms with Gasteiger partial charge in [0.25, 0.3) is 0 Å². The third-order valence-corrected chi connectivity index (χ3v) is 4.51. The maximum atomic E-state index is 6.58. The van der Waals surface area contributed by atoms with Gasteiger partial charge in [-0.1, -0.05) is 30.9 Å². The van der Waals surface area contributed by atoms with Gasteiger partial charge in [-0.3, -0.25) is 4.68 Å². The molecule has 2 N–H and O–H groups in total. The molecular formula is C13H25N5. The number of nitrogens with two attached hydrogens (primary N) is 1. The van der Waals surface area contributed by atoms with Crippen LogP contribution in [0.3, 0.4) is 0 Å². The first kappa shape index (κ1) is 13.5. The van der Waals surface area contributed by atoms with E-state index in [-0.39, 0.29) is 11.6 Å². The van der Waals surface area contributed by atoms with E-state index in [2.05, 4.69) is 29.3 Å². The normalized spacial score (nSPS) is 21.8. The summed E-state index contributed by atoms with van der Waals surface area (Å²) in [5, 5.41) is 7.98. The van der Waals surface area contributed by atoms with Crippen LogP contribution >= 0.6 is 0 Å². The summed E-state index contributed by atoms with van der Waals surface area (Å²) in [6.07, 6.45) is 9.30. The Bertz CT molecular complexity index is 376. The Morgan fingerprint density at radius 3 is 2.33 bits per heavy atom. The van der Waals surface area contributed by atoms with E-state index in [1.54, 1.807) is 10.9 Å². The lowest BCUT2D eigenvalue weighted by Crippen LogP contribution is -2.52. The molecule has 1 saturated carbocycles. The van der Waals surface area contributed by atoms with Gasteiger partial charge in [-0.05, 0) is 26.9 Å². The van der Waals surface area contributed by atoms with Gasteiger partial charge in [-0.25, -0.2) is 0 Å². The van der Waals surface area contributed by atoms with Crippen molar-refractivity contribution in [2.24, 2.45) is 12.8 Å². The van der Waals surface area contributed by atoms with Crippen LogP contribution in [0.1, 0.15) is 50.3 Å². The highest BCUT2D eigenvalue weighted by atomic mass is 15.4. The average Bonchev–Trinajstić information content (AvgIpc) is 2.63. The third kappa shape index (κ3) is 2.29.